The summed E-state index contributed by atoms with van der Waals surface area (Å²) < 4.78 is 10.5. The number of phenols is 1. The Hall–Kier alpha value is -1.91. The first-order chi connectivity index (χ1) is 8.88. The zero-order valence-electron chi connectivity index (χ0n) is 11.6. The average Bonchev–Trinajstić information content (AvgIpc) is 2.28. The highest BCUT2D eigenvalue weighted by atomic mass is 16.6. The maximum absolute atomic E-state index is 11.3. The number of hydrogen-bond acceptors (Lipinski definition) is 4. The van der Waals surface area contributed by atoms with E-state index < -0.39 is 11.7 Å². The molecule has 1 rings (SSSR count). The van der Waals surface area contributed by atoms with Crippen molar-refractivity contribution in [3.05, 3.63) is 24.3 Å². The summed E-state index contributed by atoms with van der Waals surface area (Å²) in [5, 5.41) is 12.1. The van der Waals surface area contributed by atoms with E-state index in [2.05, 4.69) is 5.32 Å². The number of phenolic OH excluding ortho intramolecular Hbond substituents is 1. The Balaban J connectivity index is 2.15. The molecule has 5 heteroatoms. The Morgan fingerprint density at radius 3 is 2.63 bits per heavy atom. The Morgan fingerprint density at radius 2 is 2.00 bits per heavy atom. The van der Waals surface area contributed by atoms with E-state index >= 15 is 0 Å². The van der Waals surface area contributed by atoms with Crippen LogP contribution < -0.4 is 10.1 Å². The molecule has 0 unspecified atom stereocenters. The van der Waals surface area contributed by atoms with Crippen LogP contribution in [0, 0.1) is 0 Å². The maximum Gasteiger partial charge on any atom is 0.407 e. The Kier molecular flexibility index (Phi) is 5.48. The third-order valence-corrected chi connectivity index (χ3v) is 2.11. The molecule has 0 spiro atoms. The van der Waals surface area contributed by atoms with E-state index in [4.69, 9.17) is 9.47 Å². The summed E-state index contributed by atoms with van der Waals surface area (Å²) in [5.41, 5.74) is -0.490. The summed E-state index contributed by atoms with van der Waals surface area (Å²) in [4.78, 5) is 11.3. The van der Waals surface area contributed by atoms with E-state index in [9.17, 15) is 9.90 Å². The monoisotopic (exact) mass is 267 g/mol. The number of nitrogens with one attached hydrogen (secondary N) is 1. The number of carbonyl (C=O) groups is 1. The fraction of sp³-hybridized carbons (Fsp3) is 0.500. The third-order valence-electron chi connectivity index (χ3n) is 2.11. The van der Waals surface area contributed by atoms with Crippen LogP contribution in [0.5, 0.6) is 11.5 Å². The van der Waals surface area contributed by atoms with E-state index in [1.165, 1.54) is 0 Å². The van der Waals surface area contributed by atoms with E-state index in [0.29, 0.717) is 25.3 Å². The standard InChI is InChI=1S/C14H21NO4/c1-14(2,3)19-13(17)15-9-6-10-18-12-8-5-4-7-11(12)16/h4-5,7-8,16H,6,9-10H2,1-3H3,(H,15,17). The summed E-state index contributed by atoms with van der Waals surface area (Å²) >= 11 is 0. The molecule has 0 aromatic heterocycles. The molecule has 0 heterocycles. The lowest BCUT2D eigenvalue weighted by molar-refractivity contribution is 0.0525. The van der Waals surface area contributed by atoms with Gasteiger partial charge in [-0.3, -0.25) is 0 Å². The molecule has 0 aliphatic heterocycles. The van der Waals surface area contributed by atoms with Crippen molar-refractivity contribution >= 4 is 6.09 Å². The average molecular weight is 267 g/mol. The number of ether oxygens (including phenoxy) is 2. The Bertz CT molecular complexity index is 412. The molecule has 1 aromatic carbocycles. The molecule has 0 aliphatic rings. The van der Waals surface area contributed by atoms with Crippen LogP contribution in [0.2, 0.25) is 0 Å². The second-order valence-electron chi connectivity index (χ2n) is 5.10. The molecule has 0 fully saturated rings. The molecule has 1 amide bonds. The quantitative estimate of drug-likeness (QED) is 0.805. The van der Waals surface area contributed by atoms with Crippen molar-refractivity contribution in [3.63, 3.8) is 0 Å². The Morgan fingerprint density at radius 1 is 1.32 bits per heavy atom. The summed E-state index contributed by atoms with van der Waals surface area (Å²) in [5.74, 6) is 0.558. The van der Waals surface area contributed by atoms with Crippen molar-refractivity contribution in [1.82, 2.24) is 5.32 Å². The summed E-state index contributed by atoms with van der Waals surface area (Å²) in [7, 11) is 0. The van der Waals surface area contributed by atoms with Gasteiger partial charge in [-0.1, -0.05) is 12.1 Å². The van der Waals surface area contributed by atoms with E-state index in [-0.39, 0.29) is 5.75 Å². The van der Waals surface area contributed by atoms with Crippen LogP contribution in [0.25, 0.3) is 0 Å². The fourth-order valence-corrected chi connectivity index (χ4v) is 1.34. The van der Waals surface area contributed by atoms with Crippen LogP contribution in [-0.4, -0.2) is 30.0 Å². The summed E-state index contributed by atoms with van der Waals surface area (Å²) in [6.45, 7) is 6.31. The van der Waals surface area contributed by atoms with Gasteiger partial charge in [-0.15, -0.1) is 0 Å². The molecule has 0 radical (unpaired) electrons. The van der Waals surface area contributed by atoms with Gasteiger partial charge in [-0.2, -0.15) is 0 Å². The van der Waals surface area contributed by atoms with Crippen LogP contribution in [0.15, 0.2) is 24.3 Å². The molecule has 2 N–H and O–H groups in total. The topological polar surface area (TPSA) is 67.8 Å². The van der Waals surface area contributed by atoms with Gasteiger partial charge in [0.2, 0.25) is 0 Å². The van der Waals surface area contributed by atoms with Gasteiger partial charge in [0, 0.05) is 6.54 Å². The van der Waals surface area contributed by atoms with Crippen molar-refractivity contribution in [3.8, 4) is 11.5 Å². The van der Waals surface area contributed by atoms with Crippen molar-refractivity contribution in [2.24, 2.45) is 0 Å². The molecule has 1 aromatic rings. The highest BCUT2D eigenvalue weighted by Gasteiger charge is 2.15. The predicted molar refractivity (Wildman–Crippen MR) is 72.5 cm³/mol. The second-order valence-corrected chi connectivity index (χ2v) is 5.10. The number of benzene rings is 1. The van der Waals surface area contributed by atoms with Crippen LogP contribution in [0.1, 0.15) is 27.2 Å². The van der Waals surface area contributed by atoms with Gasteiger partial charge in [-0.05, 0) is 39.3 Å². The Labute approximate surface area is 113 Å². The number of alkyl carbamates (subject to hydrolysis) is 1. The lowest BCUT2D eigenvalue weighted by atomic mass is 10.2. The lowest BCUT2D eigenvalue weighted by Crippen LogP contribution is -2.33. The van der Waals surface area contributed by atoms with E-state index in [1.54, 1.807) is 24.3 Å². The van der Waals surface area contributed by atoms with Crippen LogP contribution in [-0.2, 0) is 4.74 Å². The first-order valence-corrected chi connectivity index (χ1v) is 6.26. The molecule has 0 aliphatic carbocycles. The van der Waals surface area contributed by atoms with E-state index in [0.717, 1.165) is 0 Å². The highest BCUT2D eigenvalue weighted by molar-refractivity contribution is 5.67. The van der Waals surface area contributed by atoms with Crippen molar-refractivity contribution in [1.29, 1.82) is 0 Å². The normalized spacial score (nSPS) is 10.9. The summed E-state index contributed by atoms with van der Waals surface area (Å²) in [6, 6.07) is 6.77. The number of aromatic hydroxyl groups is 1. The van der Waals surface area contributed by atoms with Gasteiger partial charge in [0.1, 0.15) is 5.60 Å². The van der Waals surface area contributed by atoms with Gasteiger partial charge in [0.25, 0.3) is 0 Å². The zero-order valence-corrected chi connectivity index (χ0v) is 11.6. The number of amides is 1. The minimum Gasteiger partial charge on any atom is -0.504 e. The van der Waals surface area contributed by atoms with Crippen LogP contribution in [0.4, 0.5) is 4.79 Å². The van der Waals surface area contributed by atoms with Crippen LogP contribution >= 0.6 is 0 Å². The zero-order chi connectivity index (χ0) is 14.3. The molecule has 0 saturated heterocycles. The number of rotatable bonds is 5. The fourth-order valence-electron chi connectivity index (χ4n) is 1.34. The van der Waals surface area contributed by atoms with Gasteiger partial charge in [0.15, 0.2) is 11.5 Å². The lowest BCUT2D eigenvalue weighted by Gasteiger charge is -2.19. The minimum atomic E-state index is -0.490. The van der Waals surface area contributed by atoms with E-state index in [1.807, 2.05) is 20.8 Å². The molecule has 19 heavy (non-hydrogen) atoms. The molecular formula is C14H21NO4. The number of carbonyl (C=O) groups excluding carboxylic acids is 1. The van der Waals surface area contributed by atoms with Crippen molar-refractivity contribution < 1.29 is 19.4 Å². The van der Waals surface area contributed by atoms with Gasteiger partial charge < -0.3 is 19.9 Å². The molecule has 0 saturated carbocycles. The van der Waals surface area contributed by atoms with Crippen LogP contribution in [0.3, 0.4) is 0 Å². The highest BCUT2D eigenvalue weighted by Crippen LogP contribution is 2.24. The smallest absolute Gasteiger partial charge is 0.407 e. The molecule has 106 valence electrons. The minimum absolute atomic E-state index is 0.114. The van der Waals surface area contributed by atoms with Crippen molar-refractivity contribution in [2.75, 3.05) is 13.2 Å². The first-order valence-electron chi connectivity index (χ1n) is 6.26. The maximum atomic E-state index is 11.3. The van der Waals surface area contributed by atoms with Gasteiger partial charge in [-0.25, -0.2) is 4.79 Å². The third kappa shape index (κ3) is 6.55. The predicted octanol–water partition coefficient (Wildman–Crippen LogP) is 2.69. The second kappa shape index (κ2) is 6.87. The van der Waals surface area contributed by atoms with Gasteiger partial charge in [0.05, 0.1) is 6.61 Å². The molecule has 0 bridgehead atoms. The van der Waals surface area contributed by atoms with Gasteiger partial charge >= 0.3 is 6.09 Å². The van der Waals surface area contributed by atoms with Crippen molar-refractivity contribution in [2.45, 2.75) is 32.8 Å². The molecule has 5 nitrogen and oxygen atoms in total. The number of hydrogen-bond donors (Lipinski definition) is 2. The first kappa shape index (κ1) is 15.1. The largest absolute Gasteiger partial charge is 0.504 e. The summed E-state index contributed by atoms with van der Waals surface area (Å²) in [6.07, 6.45) is 0.197. The molecular weight excluding hydrogens is 246 g/mol. The SMILES string of the molecule is CC(C)(C)OC(=O)NCCCOc1ccccc1O. The molecule has 0 atom stereocenters. The number of para-hydroxylation sites is 2.